The van der Waals surface area contributed by atoms with E-state index in [-0.39, 0.29) is 43.4 Å². The molecule has 1 aromatic carbocycles. The van der Waals surface area contributed by atoms with Crippen molar-refractivity contribution in [1.29, 1.82) is 0 Å². The summed E-state index contributed by atoms with van der Waals surface area (Å²) in [7, 11) is 0. The van der Waals surface area contributed by atoms with Gasteiger partial charge >= 0.3 is 6.09 Å². The summed E-state index contributed by atoms with van der Waals surface area (Å²) in [5.74, 6) is -3.13. The molecule has 2 amide bonds. The molecule has 1 atom stereocenters. The zero-order valence-electron chi connectivity index (χ0n) is 21.5. The summed E-state index contributed by atoms with van der Waals surface area (Å²) >= 11 is 0. The highest BCUT2D eigenvalue weighted by Gasteiger charge is 2.42. The zero-order chi connectivity index (χ0) is 27.2. The molecule has 204 valence electrons. The van der Waals surface area contributed by atoms with E-state index in [1.807, 2.05) is 0 Å². The molecule has 12 heteroatoms. The predicted molar refractivity (Wildman–Crippen MR) is 132 cm³/mol. The monoisotopic (exact) mass is 532 g/mol. The van der Waals surface area contributed by atoms with Gasteiger partial charge < -0.3 is 34.0 Å². The summed E-state index contributed by atoms with van der Waals surface area (Å²) < 4.78 is 47.6. The fourth-order valence-corrected chi connectivity index (χ4v) is 4.86. The lowest BCUT2D eigenvalue weighted by Crippen LogP contribution is -2.58. The minimum Gasteiger partial charge on any atom is -0.507 e. The number of benzene rings is 1. The van der Waals surface area contributed by atoms with Gasteiger partial charge in [0.05, 0.1) is 24.8 Å². The van der Waals surface area contributed by atoms with Gasteiger partial charge in [-0.25, -0.2) is 18.6 Å². The molecule has 38 heavy (non-hydrogen) atoms. The molecule has 0 bridgehead atoms. The van der Waals surface area contributed by atoms with Gasteiger partial charge in [0.25, 0.3) is 5.91 Å². The Kier molecular flexibility index (Phi) is 6.76. The number of morpholine rings is 1. The minimum atomic E-state index is -1.05. The molecular formula is C26H30F2N4O6. The molecule has 0 radical (unpaired) electrons. The van der Waals surface area contributed by atoms with Crippen LogP contribution in [0.4, 0.5) is 19.4 Å². The zero-order valence-corrected chi connectivity index (χ0v) is 21.5. The normalized spacial score (nSPS) is 19.9. The van der Waals surface area contributed by atoms with Crippen molar-refractivity contribution in [2.45, 2.75) is 32.4 Å². The van der Waals surface area contributed by atoms with Crippen molar-refractivity contribution in [3.63, 3.8) is 0 Å². The molecule has 3 aliphatic rings. The van der Waals surface area contributed by atoms with E-state index in [1.54, 1.807) is 30.6 Å². The summed E-state index contributed by atoms with van der Waals surface area (Å²) in [6.45, 7) is 7.22. The number of fused-ring (bicyclic) bond motifs is 2. The van der Waals surface area contributed by atoms with Crippen LogP contribution in [0.1, 0.15) is 31.1 Å². The Hall–Kier alpha value is -3.67. The summed E-state index contributed by atoms with van der Waals surface area (Å²) in [4.78, 5) is 35.8. The molecule has 2 saturated heterocycles. The van der Waals surface area contributed by atoms with Crippen molar-refractivity contribution in [2.24, 2.45) is 0 Å². The number of phenolic OH excluding ortho intramolecular Hbond substituents is 1. The van der Waals surface area contributed by atoms with Gasteiger partial charge in [-0.15, -0.1) is 0 Å². The van der Waals surface area contributed by atoms with Crippen LogP contribution in [0.5, 0.6) is 11.5 Å². The standard InChI is InChI=1S/C26H30F2N4O6/c1-26(2,3)38-25(35)31-7-8-32-15(13-31)14-37-22-19(24(32)34)23(30-9-11-36-12-10-30)29-21(20(22)28)18-16(27)5-4-6-17(18)33/h4-6,15,33H,7-14H2,1-3H3/t15-/m1/s1. The van der Waals surface area contributed by atoms with Crippen molar-refractivity contribution >= 4 is 17.8 Å². The summed E-state index contributed by atoms with van der Waals surface area (Å²) in [5, 5.41) is 10.4. The Morgan fingerprint density at radius 3 is 2.55 bits per heavy atom. The highest BCUT2D eigenvalue weighted by atomic mass is 19.1. The summed E-state index contributed by atoms with van der Waals surface area (Å²) in [6.07, 6.45) is -0.509. The molecule has 2 aromatic rings. The molecular weight excluding hydrogens is 502 g/mol. The molecule has 5 rings (SSSR count). The van der Waals surface area contributed by atoms with Crippen LogP contribution in [0.2, 0.25) is 0 Å². The van der Waals surface area contributed by atoms with Crippen LogP contribution in [0.3, 0.4) is 0 Å². The van der Waals surface area contributed by atoms with E-state index in [2.05, 4.69) is 4.98 Å². The second-order valence-corrected chi connectivity index (χ2v) is 10.4. The lowest BCUT2D eigenvalue weighted by molar-refractivity contribution is 0.000865. The first-order valence-electron chi connectivity index (χ1n) is 12.5. The minimum absolute atomic E-state index is 0.0720. The highest BCUT2D eigenvalue weighted by molar-refractivity contribution is 6.03. The number of nitrogens with zero attached hydrogens (tertiary/aromatic N) is 4. The molecule has 3 aliphatic heterocycles. The lowest BCUT2D eigenvalue weighted by atomic mass is 10.0. The summed E-state index contributed by atoms with van der Waals surface area (Å²) in [5.41, 5.74) is -1.63. The third kappa shape index (κ3) is 4.80. The van der Waals surface area contributed by atoms with E-state index < -0.39 is 52.3 Å². The second-order valence-electron chi connectivity index (χ2n) is 10.4. The maximum Gasteiger partial charge on any atom is 0.410 e. The average molecular weight is 533 g/mol. The van der Waals surface area contributed by atoms with Gasteiger partial charge in [0, 0.05) is 32.7 Å². The van der Waals surface area contributed by atoms with Crippen molar-refractivity contribution in [3.05, 3.63) is 35.4 Å². The Morgan fingerprint density at radius 2 is 1.87 bits per heavy atom. The molecule has 1 N–H and O–H groups in total. The second kappa shape index (κ2) is 9.90. The van der Waals surface area contributed by atoms with Crippen molar-refractivity contribution in [1.82, 2.24) is 14.8 Å². The number of hydrogen-bond acceptors (Lipinski definition) is 8. The van der Waals surface area contributed by atoms with Crippen molar-refractivity contribution < 1.29 is 37.7 Å². The van der Waals surface area contributed by atoms with Crippen LogP contribution in [-0.2, 0) is 9.47 Å². The molecule has 0 aliphatic carbocycles. The topological polar surface area (TPSA) is 105 Å². The van der Waals surface area contributed by atoms with Gasteiger partial charge in [0.1, 0.15) is 40.8 Å². The first-order chi connectivity index (χ1) is 18.0. The van der Waals surface area contributed by atoms with Gasteiger partial charge in [-0.3, -0.25) is 4.79 Å². The SMILES string of the molecule is CC(C)(C)OC(=O)N1CCN2C(=O)c3c(N4CCOCC4)nc(-c4c(O)cccc4F)c(F)c3OC[C@H]2C1. The van der Waals surface area contributed by atoms with Crippen LogP contribution >= 0.6 is 0 Å². The van der Waals surface area contributed by atoms with E-state index >= 15 is 4.39 Å². The highest BCUT2D eigenvalue weighted by Crippen LogP contribution is 2.42. The van der Waals surface area contributed by atoms with Crippen LogP contribution in [0.25, 0.3) is 11.3 Å². The number of carbonyl (C=O) groups excluding carboxylic acids is 2. The average Bonchev–Trinajstić information content (AvgIpc) is 3.01. The van der Waals surface area contributed by atoms with E-state index in [4.69, 9.17) is 14.2 Å². The number of anilines is 1. The van der Waals surface area contributed by atoms with Gasteiger partial charge in [-0.1, -0.05) is 6.07 Å². The largest absolute Gasteiger partial charge is 0.507 e. The number of ether oxygens (including phenoxy) is 3. The fourth-order valence-electron chi connectivity index (χ4n) is 4.86. The number of rotatable bonds is 2. The molecule has 2 fully saturated rings. The lowest BCUT2D eigenvalue weighted by Gasteiger charge is -2.40. The molecule has 0 saturated carbocycles. The number of piperazine rings is 1. The summed E-state index contributed by atoms with van der Waals surface area (Å²) in [6, 6.07) is 3.05. The number of aromatic nitrogens is 1. The van der Waals surface area contributed by atoms with Crippen LogP contribution in [0.15, 0.2) is 18.2 Å². The smallest absolute Gasteiger partial charge is 0.410 e. The Labute approximate surface area is 218 Å². The molecule has 10 nitrogen and oxygen atoms in total. The van der Waals surface area contributed by atoms with Gasteiger partial charge in [0.2, 0.25) is 0 Å². The van der Waals surface area contributed by atoms with Crippen LogP contribution < -0.4 is 9.64 Å². The van der Waals surface area contributed by atoms with Crippen LogP contribution in [0, 0.1) is 11.6 Å². The number of carbonyl (C=O) groups is 2. The van der Waals surface area contributed by atoms with E-state index in [0.29, 0.717) is 26.3 Å². The maximum atomic E-state index is 16.0. The fraction of sp³-hybridized carbons (Fsp3) is 0.500. The van der Waals surface area contributed by atoms with Crippen LogP contribution in [-0.4, -0.2) is 96.1 Å². The third-order valence-electron chi connectivity index (χ3n) is 6.64. The quantitative estimate of drug-likeness (QED) is 0.630. The molecule has 0 unspecified atom stereocenters. The Bertz CT molecular complexity index is 1240. The third-order valence-corrected chi connectivity index (χ3v) is 6.64. The van der Waals surface area contributed by atoms with E-state index in [1.165, 1.54) is 17.0 Å². The van der Waals surface area contributed by atoms with Gasteiger partial charge in [-0.05, 0) is 32.9 Å². The first kappa shape index (κ1) is 26.0. The maximum absolute atomic E-state index is 16.0. The van der Waals surface area contributed by atoms with E-state index in [9.17, 15) is 19.1 Å². The number of aromatic hydroxyl groups is 1. The number of phenols is 1. The number of pyridine rings is 1. The number of amides is 2. The van der Waals surface area contributed by atoms with Gasteiger partial charge in [-0.2, -0.15) is 0 Å². The number of hydrogen-bond donors (Lipinski definition) is 1. The van der Waals surface area contributed by atoms with Gasteiger partial charge in [0.15, 0.2) is 11.6 Å². The van der Waals surface area contributed by atoms with Crippen molar-refractivity contribution in [3.8, 4) is 22.8 Å². The predicted octanol–water partition coefficient (Wildman–Crippen LogP) is 3.02. The first-order valence-corrected chi connectivity index (χ1v) is 12.5. The Balaban J connectivity index is 1.57. The van der Waals surface area contributed by atoms with E-state index in [0.717, 1.165) is 6.07 Å². The molecule has 1 aromatic heterocycles. The number of halogens is 2. The Morgan fingerprint density at radius 1 is 1.13 bits per heavy atom. The van der Waals surface area contributed by atoms with Crippen molar-refractivity contribution in [2.75, 3.05) is 57.4 Å². The molecule has 0 spiro atoms. The molecule has 4 heterocycles.